The van der Waals surface area contributed by atoms with Crippen molar-refractivity contribution >= 4 is 27.5 Å². The summed E-state index contributed by atoms with van der Waals surface area (Å²) < 4.78 is 0.859. The smallest absolute Gasteiger partial charge is 0.305 e. The molecular formula is C30H41N3O3S. The van der Waals surface area contributed by atoms with Gasteiger partial charge in [0.1, 0.15) is 11.3 Å². The number of carbonyl (C=O) groups excluding carboxylic acids is 1. The van der Waals surface area contributed by atoms with Crippen LogP contribution in [0.3, 0.4) is 0 Å². The Morgan fingerprint density at radius 1 is 1.11 bits per heavy atom. The van der Waals surface area contributed by atoms with Crippen molar-refractivity contribution in [2.24, 2.45) is 0 Å². The van der Waals surface area contributed by atoms with E-state index in [1.165, 1.54) is 24.8 Å². The highest BCUT2D eigenvalue weighted by atomic mass is 32.1. The number of unbranched alkanes of at least 4 members (excludes halogenated alkanes) is 2. The molecule has 2 aromatic carbocycles. The van der Waals surface area contributed by atoms with E-state index in [2.05, 4.69) is 46.4 Å². The van der Waals surface area contributed by atoms with E-state index in [0.717, 1.165) is 79.8 Å². The van der Waals surface area contributed by atoms with Gasteiger partial charge in [0.05, 0.1) is 4.70 Å². The molecule has 1 aliphatic carbocycles. The predicted molar refractivity (Wildman–Crippen MR) is 153 cm³/mol. The Labute approximate surface area is 224 Å². The predicted octanol–water partition coefficient (Wildman–Crippen LogP) is 5.95. The fourth-order valence-electron chi connectivity index (χ4n) is 5.50. The molecule has 0 radical (unpaired) electrons. The highest BCUT2D eigenvalue weighted by Crippen LogP contribution is 2.29. The maximum atomic E-state index is 13.3. The number of nitrogens with zero attached hydrogens (tertiary/aromatic N) is 1. The number of phenols is 1. The number of thiazole rings is 1. The number of aromatic amines is 1. The highest BCUT2D eigenvalue weighted by molar-refractivity contribution is 7.16. The average molecular weight is 524 g/mol. The standard InChI is InChI=1S/C30H41N3O3S/c1-22(23-11-5-2-6-12-23)21-31-19-18-27(35)33(25-14-8-3-9-15-25)20-10-4-7-13-24-16-17-26(34)28-29(24)37-30(36)32-28/h2,5-6,11-12,16-17,22,25,31,34H,3-4,7-10,13-15,18-21H2,1H3,(H,32,36)/t22-/m1/s1. The zero-order valence-corrected chi connectivity index (χ0v) is 22.8. The van der Waals surface area contributed by atoms with E-state index in [1.54, 1.807) is 6.07 Å². The Kier molecular flexibility index (Phi) is 10.2. The van der Waals surface area contributed by atoms with Crippen molar-refractivity contribution in [1.82, 2.24) is 15.2 Å². The summed E-state index contributed by atoms with van der Waals surface area (Å²) in [6, 6.07) is 14.5. The first-order valence-electron chi connectivity index (χ1n) is 13.9. The van der Waals surface area contributed by atoms with Crippen LogP contribution in [0.15, 0.2) is 47.3 Å². The lowest BCUT2D eigenvalue weighted by Crippen LogP contribution is -2.43. The van der Waals surface area contributed by atoms with Crippen LogP contribution in [0.25, 0.3) is 10.2 Å². The molecule has 0 spiro atoms. The second-order valence-corrected chi connectivity index (χ2v) is 11.4. The number of hydrogen-bond donors (Lipinski definition) is 3. The van der Waals surface area contributed by atoms with Gasteiger partial charge in [0.25, 0.3) is 0 Å². The van der Waals surface area contributed by atoms with Gasteiger partial charge >= 0.3 is 4.87 Å². The number of aromatic nitrogens is 1. The van der Waals surface area contributed by atoms with Gasteiger partial charge in [-0.25, -0.2) is 0 Å². The number of benzene rings is 2. The van der Waals surface area contributed by atoms with E-state index >= 15 is 0 Å². The number of fused-ring (bicyclic) bond motifs is 1. The number of hydrogen-bond acceptors (Lipinski definition) is 5. The highest BCUT2D eigenvalue weighted by Gasteiger charge is 2.24. The largest absolute Gasteiger partial charge is 0.506 e. The van der Waals surface area contributed by atoms with Crippen LogP contribution in [0.1, 0.15) is 81.8 Å². The molecule has 1 heterocycles. The maximum absolute atomic E-state index is 13.3. The van der Waals surface area contributed by atoms with E-state index in [-0.39, 0.29) is 16.5 Å². The van der Waals surface area contributed by atoms with E-state index < -0.39 is 0 Å². The van der Waals surface area contributed by atoms with Gasteiger partial charge < -0.3 is 20.3 Å². The summed E-state index contributed by atoms with van der Waals surface area (Å²) in [5.41, 5.74) is 2.98. The average Bonchev–Trinajstić information content (AvgIpc) is 3.33. The lowest BCUT2D eigenvalue weighted by atomic mass is 9.93. The second kappa shape index (κ2) is 13.8. The third kappa shape index (κ3) is 7.68. The molecule has 1 fully saturated rings. The molecule has 1 amide bonds. The van der Waals surface area contributed by atoms with Crippen molar-refractivity contribution in [3.05, 3.63) is 63.3 Å². The number of carbonyl (C=O) groups is 1. The summed E-state index contributed by atoms with van der Waals surface area (Å²) in [4.78, 5) is 29.8. The Bertz CT molecular complexity index is 1180. The molecule has 0 bridgehead atoms. The normalized spacial score (nSPS) is 15.2. The summed E-state index contributed by atoms with van der Waals surface area (Å²) in [7, 11) is 0. The van der Waals surface area contributed by atoms with E-state index in [9.17, 15) is 14.7 Å². The number of rotatable bonds is 13. The van der Waals surface area contributed by atoms with Crippen molar-refractivity contribution in [2.45, 2.75) is 83.1 Å². The SMILES string of the molecule is C[C@H](CNCCC(=O)N(CCCCCc1ccc(O)c2[nH]c(=O)sc12)C1CCCCC1)c1ccccc1. The molecule has 3 aromatic rings. The van der Waals surface area contributed by atoms with Crippen LogP contribution in [0.2, 0.25) is 0 Å². The molecule has 1 atom stereocenters. The third-order valence-corrected chi connectivity index (χ3v) is 8.61. The molecule has 1 saturated carbocycles. The van der Waals surface area contributed by atoms with Gasteiger partial charge in [-0.2, -0.15) is 0 Å². The Balaban J connectivity index is 1.23. The van der Waals surface area contributed by atoms with Crippen molar-refractivity contribution in [3.8, 4) is 5.75 Å². The van der Waals surface area contributed by atoms with Crippen molar-refractivity contribution in [2.75, 3.05) is 19.6 Å². The number of H-pyrrole nitrogens is 1. The molecule has 6 nitrogen and oxygen atoms in total. The molecule has 200 valence electrons. The van der Waals surface area contributed by atoms with E-state index in [0.29, 0.717) is 23.9 Å². The Hall–Kier alpha value is -2.64. The van der Waals surface area contributed by atoms with Gasteiger partial charge in [-0.15, -0.1) is 0 Å². The molecule has 0 unspecified atom stereocenters. The number of nitrogens with one attached hydrogen (secondary N) is 2. The number of aromatic hydroxyl groups is 1. The van der Waals surface area contributed by atoms with Crippen LogP contribution in [-0.2, 0) is 11.2 Å². The lowest BCUT2D eigenvalue weighted by molar-refractivity contribution is -0.134. The fourth-order valence-corrected chi connectivity index (χ4v) is 6.40. The zero-order valence-electron chi connectivity index (χ0n) is 22.0. The van der Waals surface area contributed by atoms with Gasteiger partial charge in [0.15, 0.2) is 0 Å². The molecule has 0 saturated heterocycles. The minimum atomic E-state index is -0.136. The van der Waals surface area contributed by atoms with Crippen LogP contribution in [0.5, 0.6) is 5.75 Å². The lowest BCUT2D eigenvalue weighted by Gasteiger charge is -2.34. The molecule has 37 heavy (non-hydrogen) atoms. The first kappa shape index (κ1) is 27.4. The fraction of sp³-hybridized carbons (Fsp3) is 0.533. The van der Waals surface area contributed by atoms with Crippen molar-refractivity contribution in [1.29, 1.82) is 0 Å². The van der Waals surface area contributed by atoms with Crippen LogP contribution in [0, 0.1) is 0 Å². The van der Waals surface area contributed by atoms with Crippen LogP contribution >= 0.6 is 11.3 Å². The second-order valence-electron chi connectivity index (χ2n) is 10.4. The van der Waals surface area contributed by atoms with Gasteiger partial charge in [0.2, 0.25) is 5.91 Å². The van der Waals surface area contributed by atoms with Gasteiger partial charge in [-0.3, -0.25) is 9.59 Å². The number of aryl methyl sites for hydroxylation is 1. The molecule has 3 N–H and O–H groups in total. The number of phenolic OH excluding ortho intramolecular Hbond substituents is 1. The summed E-state index contributed by atoms with van der Waals surface area (Å²) >= 11 is 1.16. The summed E-state index contributed by atoms with van der Waals surface area (Å²) in [6.45, 7) is 4.64. The Morgan fingerprint density at radius 2 is 1.89 bits per heavy atom. The van der Waals surface area contributed by atoms with Gasteiger partial charge in [-0.1, -0.05) is 80.3 Å². The zero-order chi connectivity index (χ0) is 26.0. The van der Waals surface area contributed by atoms with Crippen molar-refractivity contribution in [3.63, 3.8) is 0 Å². The molecule has 1 aromatic heterocycles. The summed E-state index contributed by atoms with van der Waals surface area (Å²) in [6.07, 6.45) is 10.4. The van der Waals surface area contributed by atoms with Gasteiger partial charge in [0, 0.05) is 32.1 Å². The molecule has 7 heteroatoms. The summed E-state index contributed by atoms with van der Waals surface area (Å²) in [5, 5.41) is 13.5. The molecule has 0 aliphatic heterocycles. The van der Waals surface area contributed by atoms with Crippen LogP contribution in [0.4, 0.5) is 0 Å². The maximum Gasteiger partial charge on any atom is 0.305 e. The molecular weight excluding hydrogens is 482 g/mol. The first-order valence-corrected chi connectivity index (χ1v) is 14.7. The summed E-state index contributed by atoms with van der Waals surface area (Å²) in [5.74, 6) is 0.833. The van der Waals surface area contributed by atoms with Gasteiger partial charge in [-0.05, 0) is 55.2 Å². The first-order chi connectivity index (χ1) is 18.0. The topological polar surface area (TPSA) is 85.4 Å². The van der Waals surface area contributed by atoms with Crippen LogP contribution in [-0.4, -0.2) is 46.6 Å². The minimum Gasteiger partial charge on any atom is -0.506 e. The molecule has 4 rings (SSSR count). The quantitative estimate of drug-likeness (QED) is 0.242. The number of amides is 1. The third-order valence-electron chi connectivity index (χ3n) is 7.65. The van der Waals surface area contributed by atoms with E-state index in [1.807, 2.05) is 12.1 Å². The van der Waals surface area contributed by atoms with E-state index in [4.69, 9.17) is 0 Å². The Morgan fingerprint density at radius 3 is 2.68 bits per heavy atom. The minimum absolute atomic E-state index is 0.128. The van der Waals surface area contributed by atoms with Crippen LogP contribution < -0.4 is 10.2 Å². The van der Waals surface area contributed by atoms with Crippen molar-refractivity contribution < 1.29 is 9.90 Å². The molecule has 1 aliphatic rings. The monoisotopic (exact) mass is 523 g/mol.